The van der Waals surface area contributed by atoms with Crippen LogP contribution in [0, 0.1) is 0 Å². The molecule has 1 heterocycles. The van der Waals surface area contributed by atoms with Crippen molar-refractivity contribution in [3.63, 3.8) is 0 Å². The van der Waals surface area contributed by atoms with Crippen LogP contribution in [0.1, 0.15) is 26.7 Å². The van der Waals surface area contributed by atoms with E-state index in [2.05, 4.69) is 24.2 Å². The molecule has 5 N–H and O–H groups in total. The summed E-state index contributed by atoms with van der Waals surface area (Å²) >= 11 is 0. The zero-order valence-electron chi connectivity index (χ0n) is 11.2. The van der Waals surface area contributed by atoms with E-state index < -0.39 is 5.66 Å². The van der Waals surface area contributed by atoms with Crippen LogP contribution >= 0.6 is 0 Å². The van der Waals surface area contributed by atoms with Crippen LogP contribution in [0.3, 0.4) is 0 Å². The first-order chi connectivity index (χ1) is 8.63. The molecule has 0 radical (unpaired) electrons. The lowest BCUT2D eigenvalue weighted by Crippen LogP contribution is -3.00. The molecule has 1 aromatic carbocycles. The van der Waals surface area contributed by atoms with Crippen LogP contribution in [0.2, 0.25) is 0 Å². The Morgan fingerprint density at radius 2 is 1.74 bits per heavy atom. The minimum atomic E-state index is -0.402. The molecule has 2 rings (SSSR count). The van der Waals surface area contributed by atoms with E-state index in [0.29, 0.717) is 11.9 Å². The van der Waals surface area contributed by atoms with Crippen LogP contribution in [0.25, 0.3) is 0 Å². The average Bonchev–Trinajstić information content (AvgIpc) is 2.38. The fourth-order valence-electron chi connectivity index (χ4n) is 2.39. The molecule has 0 saturated heterocycles. The minimum Gasteiger partial charge on any atom is -1.00 e. The summed E-state index contributed by atoms with van der Waals surface area (Å²) in [5, 5.41) is 2.90. The first-order valence-corrected chi connectivity index (χ1v) is 6.23. The molecular weight excluding hydrogens is 262 g/mol. The minimum absolute atomic E-state index is 0. The van der Waals surface area contributed by atoms with Crippen molar-refractivity contribution in [3.8, 4) is 0 Å². The largest absolute Gasteiger partial charge is 1.00 e. The first-order valence-electron chi connectivity index (χ1n) is 6.23. The quantitative estimate of drug-likeness (QED) is 0.566. The number of hydrogen-bond donors (Lipinski definition) is 3. The average molecular weight is 282 g/mol. The highest BCUT2D eigenvalue weighted by molar-refractivity contribution is 5.96. The SMILES string of the molecule is CCC1(CC)N=C(N)NC(N)=[N+]1c1ccccc1.[Cl-]. The van der Waals surface area contributed by atoms with E-state index in [0.717, 1.165) is 18.5 Å². The van der Waals surface area contributed by atoms with Crippen LogP contribution in [0.15, 0.2) is 35.3 Å². The molecule has 0 bridgehead atoms. The van der Waals surface area contributed by atoms with Crippen molar-refractivity contribution in [1.82, 2.24) is 5.32 Å². The number of hydrogen-bond acceptors (Lipinski definition) is 4. The van der Waals surface area contributed by atoms with Gasteiger partial charge in [0, 0.05) is 12.8 Å². The summed E-state index contributed by atoms with van der Waals surface area (Å²) in [6, 6.07) is 9.99. The van der Waals surface area contributed by atoms with Gasteiger partial charge in [0.25, 0.3) is 5.96 Å². The monoisotopic (exact) mass is 281 g/mol. The maximum Gasteiger partial charge on any atom is 0.357 e. The van der Waals surface area contributed by atoms with Gasteiger partial charge in [-0.3, -0.25) is 5.73 Å². The first kappa shape index (κ1) is 15.3. The van der Waals surface area contributed by atoms with Crippen LogP contribution in [-0.2, 0) is 0 Å². The zero-order chi connectivity index (χ0) is 13.2. The summed E-state index contributed by atoms with van der Waals surface area (Å²) in [6.45, 7) is 4.18. The molecule has 0 fully saturated rings. The van der Waals surface area contributed by atoms with E-state index >= 15 is 0 Å². The van der Waals surface area contributed by atoms with E-state index in [9.17, 15) is 0 Å². The highest BCUT2D eigenvalue weighted by Gasteiger charge is 2.39. The molecule has 0 aromatic heterocycles. The standard InChI is InChI=1S/C13H19N5.ClH/c1-3-13(4-2)17-11(14)16-12(15)18(13)10-8-6-5-7-9-10;/h5-9H,3-4H2,1-2H3,(H4,14,15,16,17);1H. The van der Waals surface area contributed by atoms with Crippen LogP contribution in [0.4, 0.5) is 5.69 Å². The second-order valence-electron chi connectivity index (χ2n) is 4.37. The predicted octanol–water partition coefficient (Wildman–Crippen LogP) is -1.92. The number of para-hydroxylation sites is 1. The van der Waals surface area contributed by atoms with E-state index in [1.54, 1.807) is 0 Å². The van der Waals surface area contributed by atoms with Crippen molar-refractivity contribution in [2.75, 3.05) is 0 Å². The Balaban J connectivity index is 0.00000180. The van der Waals surface area contributed by atoms with Crippen molar-refractivity contribution in [2.24, 2.45) is 16.5 Å². The number of halogens is 1. The molecule has 5 nitrogen and oxygen atoms in total. The molecule has 1 aromatic rings. The molecule has 0 unspecified atom stereocenters. The number of benzene rings is 1. The Bertz CT molecular complexity index is 491. The molecule has 1 aliphatic rings. The molecule has 0 saturated carbocycles. The van der Waals surface area contributed by atoms with Crippen molar-refractivity contribution in [1.29, 1.82) is 0 Å². The maximum absolute atomic E-state index is 6.10. The molecule has 0 atom stereocenters. The predicted molar refractivity (Wildman–Crippen MR) is 73.6 cm³/mol. The topological polar surface area (TPSA) is 79.4 Å². The second kappa shape index (κ2) is 5.93. The van der Waals surface area contributed by atoms with E-state index in [1.807, 2.05) is 34.9 Å². The summed E-state index contributed by atoms with van der Waals surface area (Å²) in [6.07, 6.45) is 1.67. The fourth-order valence-corrected chi connectivity index (χ4v) is 2.39. The van der Waals surface area contributed by atoms with Crippen LogP contribution < -0.4 is 29.2 Å². The third kappa shape index (κ3) is 2.66. The number of guanidine groups is 2. The summed E-state index contributed by atoms with van der Waals surface area (Å²) < 4.78 is 2.02. The molecule has 104 valence electrons. The number of nitrogens with zero attached hydrogens (tertiary/aromatic N) is 2. The zero-order valence-corrected chi connectivity index (χ0v) is 12.0. The van der Waals surface area contributed by atoms with Gasteiger partial charge in [-0.05, 0) is 12.1 Å². The lowest BCUT2D eigenvalue weighted by atomic mass is 10.0. The van der Waals surface area contributed by atoms with Crippen molar-refractivity contribution in [3.05, 3.63) is 30.3 Å². The van der Waals surface area contributed by atoms with Crippen LogP contribution in [-0.4, -0.2) is 22.2 Å². The van der Waals surface area contributed by atoms with Gasteiger partial charge >= 0.3 is 5.96 Å². The summed E-state index contributed by atoms with van der Waals surface area (Å²) in [5.41, 5.74) is 12.5. The molecule has 0 spiro atoms. The summed E-state index contributed by atoms with van der Waals surface area (Å²) in [4.78, 5) is 4.57. The smallest absolute Gasteiger partial charge is 0.357 e. The van der Waals surface area contributed by atoms with E-state index in [4.69, 9.17) is 11.5 Å². The molecule has 0 aliphatic carbocycles. The molecular formula is C13H20ClN5. The van der Waals surface area contributed by atoms with E-state index in [-0.39, 0.29) is 12.4 Å². The normalized spacial score (nSPS) is 17.3. The second-order valence-corrected chi connectivity index (χ2v) is 4.37. The third-order valence-corrected chi connectivity index (χ3v) is 3.39. The Hall–Kier alpha value is -1.75. The van der Waals surface area contributed by atoms with Crippen molar-refractivity contribution in [2.45, 2.75) is 32.4 Å². The van der Waals surface area contributed by atoms with E-state index in [1.165, 1.54) is 0 Å². The molecule has 19 heavy (non-hydrogen) atoms. The van der Waals surface area contributed by atoms with Gasteiger partial charge in [-0.25, -0.2) is 9.89 Å². The summed E-state index contributed by atoms with van der Waals surface area (Å²) in [7, 11) is 0. The third-order valence-electron chi connectivity index (χ3n) is 3.39. The van der Waals surface area contributed by atoms with Crippen molar-refractivity contribution >= 4 is 17.6 Å². The van der Waals surface area contributed by atoms with Crippen LogP contribution in [0.5, 0.6) is 0 Å². The van der Waals surface area contributed by atoms with Gasteiger partial charge in [0.15, 0.2) is 5.66 Å². The van der Waals surface area contributed by atoms with Gasteiger partial charge in [-0.15, -0.1) is 0 Å². The summed E-state index contributed by atoms with van der Waals surface area (Å²) in [5.74, 6) is 0.904. The highest BCUT2D eigenvalue weighted by Crippen LogP contribution is 2.30. The Kier molecular flexibility index (Phi) is 4.78. The van der Waals surface area contributed by atoms with Gasteiger partial charge in [0.05, 0.1) is 0 Å². The molecule has 6 heteroatoms. The van der Waals surface area contributed by atoms with Gasteiger partial charge in [-0.2, -0.15) is 4.99 Å². The number of nitrogens with one attached hydrogen (secondary N) is 1. The number of aliphatic imine (C=N–C) groups is 1. The van der Waals surface area contributed by atoms with Gasteiger partial charge in [0.1, 0.15) is 5.69 Å². The maximum atomic E-state index is 6.10. The van der Waals surface area contributed by atoms with Gasteiger partial charge in [-0.1, -0.05) is 32.0 Å². The number of nitrogens with two attached hydrogens (primary N) is 2. The lowest BCUT2D eigenvalue weighted by Gasteiger charge is -2.33. The fraction of sp³-hybridized carbons (Fsp3) is 0.385. The highest BCUT2D eigenvalue weighted by atomic mass is 35.5. The number of rotatable bonds is 3. The molecule has 1 aliphatic heterocycles. The molecule has 0 amide bonds. The lowest BCUT2D eigenvalue weighted by molar-refractivity contribution is -0.539. The van der Waals surface area contributed by atoms with Gasteiger partial charge < -0.3 is 18.1 Å². The van der Waals surface area contributed by atoms with Crippen molar-refractivity contribution < 1.29 is 17.0 Å². The Labute approximate surface area is 119 Å². The Morgan fingerprint density at radius 3 is 2.26 bits per heavy atom. The Morgan fingerprint density at radius 1 is 1.16 bits per heavy atom. The van der Waals surface area contributed by atoms with Gasteiger partial charge in [0.2, 0.25) is 0 Å².